The van der Waals surface area contributed by atoms with Gasteiger partial charge in [0.25, 0.3) is 10.1 Å². The lowest BCUT2D eigenvalue weighted by Gasteiger charge is -2.29. The van der Waals surface area contributed by atoms with Crippen molar-refractivity contribution in [2.24, 2.45) is 0 Å². The summed E-state index contributed by atoms with van der Waals surface area (Å²) in [5.74, 6) is 0. The fourth-order valence-electron chi connectivity index (χ4n) is 2.11. The van der Waals surface area contributed by atoms with Crippen molar-refractivity contribution in [2.75, 3.05) is 0 Å². The largest absolute Gasteiger partial charge is 0.294 e. The van der Waals surface area contributed by atoms with Crippen LogP contribution in [0.25, 0.3) is 0 Å². The topological polar surface area (TPSA) is 54.4 Å². The van der Waals surface area contributed by atoms with E-state index in [0.717, 1.165) is 18.4 Å². The molecule has 0 fully saturated rings. The molecule has 0 unspecified atom stereocenters. The maximum atomic E-state index is 11.7. The molecule has 0 aromatic heterocycles. The van der Waals surface area contributed by atoms with Gasteiger partial charge in [0.05, 0.1) is 4.90 Å². The van der Waals surface area contributed by atoms with Crippen molar-refractivity contribution in [3.05, 3.63) is 29.3 Å². The molecule has 0 aliphatic rings. The van der Waals surface area contributed by atoms with E-state index >= 15 is 0 Å². The summed E-state index contributed by atoms with van der Waals surface area (Å²) in [6, 6.07) is 5.45. The molecule has 1 aromatic carbocycles. The Labute approximate surface area is 123 Å². The van der Waals surface area contributed by atoms with Gasteiger partial charge in [0.2, 0.25) is 0 Å². The fourth-order valence-corrected chi connectivity index (χ4v) is 3.01. The molecule has 4 heteroatoms. The molecule has 0 saturated heterocycles. The summed E-state index contributed by atoms with van der Waals surface area (Å²) in [5.41, 5.74) is 1.20. The Balaban J connectivity index is 3.60. The van der Waals surface area contributed by atoms with Crippen LogP contribution in [0.3, 0.4) is 0 Å². The van der Waals surface area contributed by atoms with E-state index < -0.39 is 10.1 Å². The van der Waals surface area contributed by atoms with Gasteiger partial charge < -0.3 is 0 Å². The summed E-state index contributed by atoms with van der Waals surface area (Å²) in [4.78, 5) is 0.0448. The van der Waals surface area contributed by atoms with Gasteiger partial charge in [0.15, 0.2) is 0 Å². The molecular formula is C16H26O3S. The number of benzene rings is 1. The third kappa shape index (κ3) is 3.41. The first-order valence-electron chi connectivity index (χ1n) is 7.08. The van der Waals surface area contributed by atoms with Crippen LogP contribution >= 0.6 is 0 Å². The van der Waals surface area contributed by atoms with Gasteiger partial charge in [-0.25, -0.2) is 0 Å². The van der Waals surface area contributed by atoms with Gasteiger partial charge in [-0.2, -0.15) is 8.42 Å². The molecule has 0 radical (unpaired) electrons. The van der Waals surface area contributed by atoms with E-state index in [1.54, 1.807) is 6.07 Å². The standard InChI is InChI=1S/C16H26O3S/c1-7-15(3,4)12-9-10-13(16(5,6)8-2)14(11-12)20(17,18)19/h9-11H,7-8H2,1-6H3,(H,17,18,19). The minimum absolute atomic E-state index is 0.0448. The van der Waals surface area contributed by atoms with Crippen LogP contribution in [0.4, 0.5) is 0 Å². The first-order valence-corrected chi connectivity index (χ1v) is 8.52. The smallest absolute Gasteiger partial charge is 0.282 e. The molecule has 1 aromatic rings. The number of hydrogen-bond acceptors (Lipinski definition) is 2. The van der Waals surface area contributed by atoms with Crippen molar-refractivity contribution in [3.8, 4) is 0 Å². The Bertz CT molecular complexity index is 584. The second-order valence-corrected chi connectivity index (χ2v) is 8.05. The maximum absolute atomic E-state index is 11.7. The van der Waals surface area contributed by atoms with Crippen LogP contribution in [0.15, 0.2) is 23.1 Å². The average molecular weight is 298 g/mol. The molecule has 0 heterocycles. The van der Waals surface area contributed by atoms with Crippen LogP contribution in [0.5, 0.6) is 0 Å². The van der Waals surface area contributed by atoms with E-state index in [4.69, 9.17) is 0 Å². The molecule has 1 N–H and O–H groups in total. The van der Waals surface area contributed by atoms with E-state index in [2.05, 4.69) is 20.8 Å². The van der Waals surface area contributed by atoms with Gasteiger partial charge >= 0.3 is 0 Å². The Morgan fingerprint density at radius 2 is 1.50 bits per heavy atom. The first kappa shape index (κ1) is 17.2. The van der Waals surface area contributed by atoms with Gasteiger partial charge in [0, 0.05) is 0 Å². The van der Waals surface area contributed by atoms with Gasteiger partial charge in [0.1, 0.15) is 0 Å². The van der Waals surface area contributed by atoms with Crippen molar-refractivity contribution < 1.29 is 13.0 Å². The molecule has 0 saturated carbocycles. The zero-order valence-corrected chi connectivity index (χ0v) is 14.1. The Hall–Kier alpha value is -0.870. The highest BCUT2D eigenvalue weighted by Crippen LogP contribution is 2.36. The Morgan fingerprint density at radius 3 is 1.90 bits per heavy atom. The van der Waals surface area contributed by atoms with Crippen molar-refractivity contribution in [2.45, 2.75) is 70.1 Å². The second kappa shape index (κ2) is 5.49. The molecule has 0 atom stereocenters. The van der Waals surface area contributed by atoms with Crippen LogP contribution < -0.4 is 0 Å². The normalized spacial score (nSPS) is 13.6. The lowest BCUT2D eigenvalue weighted by molar-refractivity contribution is 0.460. The molecule has 20 heavy (non-hydrogen) atoms. The fraction of sp³-hybridized carbons (Fsp3) is 0.625. The van der Waals surface area contributed by atoms with E-state index in [1.807, 2.05) is 32.9 Å². The van der Waals surface area contributed by atoms with E-state index in [1.165, 1.54) is 0 Å². The lowest BCUT2D eigenvalue weighted by atomic mass is 9.78. The molecule has 0 spiro atoms. The van der Waals surface area contributed by atoms with Gasteiger partial charge in [-0.1, -0.05) is 53.7 Å². The maximum Gasteiger partial charge on any atom is 0.294 e. The van der Waals surface area contributed by atoms with Crippen molar-refractivity contribution in [3.63, 3.8) is 0 Å². The predicted molar refractivity (Wildman–Crippen MR) is 82.9 cm³/mol. The lowest BCUT2D eigenvalue weighted by Crippen LogP contribution is -2.22. The summed E-state index contributed by atoms with van der Waals surface area (Å²) in [5, 5.41) is 0. The number of rotatable bonds is 5. The van der Waals surface area contributed by atoms with Crippen LogP contribution in [-0.4, -0.2) is 13.0 Å². The molecule has 0 aliphatic carbocycles. The molecule has 3 nitrogen and oxygen atoms in total. The van der Waals surface area contributed by atoms with E-state index in [-0.39, 0.29) is 15.7 Å². The first-order chi connectivity index (χ1) is 8.95. The highest BCUT2D eigenvalue weighted by molar-refractivity contribution is 7.85. The second-order valence-electron chi connectivity index (χ2n) is 6.66. The average Bonchev–Trinajstić information content (AvgIpc) is 2.37. The minimum atomic E-state index is -4.22. The third-order valence-corrected chi connectivity index (χ3v) is 5.43. The highest BCUT2D eigenvalue weighted by atomic mass is 32.2. The molecule has 0 aliphatic heterocycles. The van der Waals surface area contributed by atoms with Gasteiger partial charge in [-0.3, -0.25) is 4.55 Å². The van der Waals surface area contributed by atoms with Crippen LogP contribution in [0, 0.1) is 0 Å². The summed E-state index contributed by atoms with van der Waals surface area (Å²) < 4.78 is 33.0. The van der Waals surface area contributed by atoms with Gasteiger partial charge in [-0.15, -0.1) is 0 Å². The van der Waals surface area contributed by atoms with Crippen LogP contribution in [0.1, 0.15) is 65.5 Å². The third-order valence-electron chi connectivity index (χ3n) is 4.54. The van der Waals surface area contributed by atoms with Crippen LogP contribution in [-0.2, 0) is 20.9 Å². The van der Waals surface area contributed by atoms with Crippen molar-refractivity contribution in [1.82, 2.24) is 0 Å². The molecule has 0 bridgehead atoms. The summed E-state index contributed by atoms with van der Waals surface area (Å²) in [6.07, 6.45) is 1.69. The highest BCUT2D eigenvalue weighted by Gasteiger charge is 2.29. The zero-order chi connectivity index (χ0) is 15.8. The van der Waals surface area contributed by atoms with Gasteiger partial charge in [-0.05, 0) is 40.9 Å². The molecule has 1 rings (SSSR count). The summed E-state index contributed by atoms with van der Waals surface area (Å²) >= 11 is 0. The van der Waals surface area contributed by atoms with E-state index in [9.17, 15) is 13.0 Å². The van der Waals surface area contributed by atoms with Crippen molar-refractivity contribution in [1.29, 1.82) is 0 Å². The Morgan fingerprint density at radius 1 is 1.00 bits per heavy atom. The number of hydrogen-bond donors (Lipinski definition) is 1. The summed E-state index contributed by atoms with van der Waals surface area (Å²) in [6.45, 7) is 12.2. The monoisotopic (exact) mass is 298 g/mol. The van der Waals surface area contributed by atoms with Crippen molar-refractivity contribution >= 4 is 10.1 Å². The molecular weight excluding hydrogens is 272 g/mol. The molecule has 0 amide bonds. The van der Waals surface area contributed by atoms with Crippen LogP contribution in [0.2, 0.25) is 0 Å². The quantitative estimate of drug-likeness (QED) is 0.824. The van der Waals surface area contributed by atoms with E-state index in [0.29, 0.717) is 5.56 Å². The Kier molecular flexibility index (Phi) is 4.72. The SMILES string of the molecule is CCC(C)(C)c1ccc(C(C)(C)CC)c(S(=O)(=O)O)c1. The predicted octanol–water partition coefficient (Wildman–Crippen LogP) is 4.31. The summed E-state index contributed by atoms with van der Waals surface area (Å²) in [7, 11) is -4.22. The zero-order valence-electron chi connectivity index (χ0n) is 13.3. The minimum Gasteiger partial charge on any atom is -0.282 e. The molecule has 114 valence electrons.